The van der Waals surface area contributed by atoms with E-state index in [1.165, 1.54) is 21.5 Å². The lowest BCUT2D eigenvalue weighted by Crippen LogP contribution is -1.87. The lowest BCUT2D eigenvalue weighted by atomic mass is 10.0. The quantitative estimate of drug-likeness (QED) is 0.435. The second-order valence-electron chi connectivity index (χ2n) is 4.14. The zero-order valence-electron chi connectivity index (χ0n) is 10.1. The highest BCUT2D eigenvalue weighted by atomic mass is 31.2. The molecule has 0 aliphatic carbocycles. The minimum atomic E-state index is -4.14. The van der Waals surface area contributed by atoms with Crippen molar-refractivity contribution >= 4 is 29.3 Å². The van der Waals surface area contributed by atoms with Gasteiger partial charge in [-0.25, -0.2) is 10.1 Å². The lowest BCUT2D eigenvalue weighted by molar-refractivity contribution is 0.374. The fourth-order valence-electron chi connectivity index (χ4n) is 1.88. The molecular weight excluding hydrogens is 261 g/mol. The predicted octanol–water partition coefficient (Wildman–Crippen LogP) is 3.03. The zero-order chi connectivity index (χ0) is 13.9. The van der Waals surface area contributed by atoms with Gasteiger partial charge in [-0.05, 0) is 33.7 Å². The van der Waals surface area contributed by atoms with Crippen LogP contribution in [0.25, 0.3) is 21.5 Å². The third-order valence-corrected chi connectivity index (χ3v) is 2.61. The van der Waals surface area contributed by atoms with Crippen LogP contribution in [0.4, 0.5) is 0 Å². The molecule has 0 saturated heterocycles. The van der Waals surface area contributed by atoms with Gasteiger partial charge in [0.05, 0.1) is 0 Å². The van der Waals surface area contributed by atoms with E-state index in [0.29, 0.717) is 0 Å². The molecule has 19 heavy (non-hydrogen) atoms. The van der Waals surface area contributed by atoms with Crippen molar-refractivity contribution in [1.29, 1.82) is 0 Å². The maximum atomic E-state index is 9.10. The van der Waals surface area contributed by atoms with Gasteiger partial charge < -0.3 is 9.79 Å². The van der Waals surface area contributed by atoms with E-state index in [0.717, 1.165) is 0 Å². The van der Waals surface area contributed by atoms with Gasteiger partial charge in [-0.15, -0.1) is 0 Å². The summed E-state index contributed by atoms with van der Waals surface area (Å²) in [6, 6.07) is 21.4. The molecule has 0 atom stereocenters. The molecule has 0 spiro atoms. The number of rotatable bonds is 0. The van der Waals surface area contributed by atoms with E-state index in [1.54, 1.807) is 0 Å². The molecule has 4 nitrogen and oxygen atoms in total. The first-order valence-corrected chi connectivity index (χ1v) is 7.33. The van der Waals surface area contributed by atoms with Crippen molar-refractivity contribution in [2.45, 2.75) is 0 Å². The molecule has 0 bridgehead atoms. The smallest absolute Gasteiger partial charge is 0.313 e. The van der Waals surface area contributed by atoms with Crippen molar-refractivity contribution in [1.82, 2.24) is 0 Å². The summed E-state index contributed by atoms with van der Waals surface area (Å²) in [6.07, 6.45) is 0. The van der Waals surface area contributed by atoms with Crippen molar-refractivity contribution in [3.63, 3.8) is 0 Å². The second-order valence-corrected chi connectivity index (χ2v) is 5.31. The summed E-state index contributed by atoms with van der Waals surface area (Å²) in [7, 11) is -4.14. The van der Waals surface area contributed by atoms with E-state index in [-0.39, 0.29) is 0 Å². The highest BCUT2D eigenvalue weighted by molar-refractivity contribution is 7.49. The van der Waals surface area contributed by atoms with Crippen molar-refractivity contribution in [3.05, 3.63) is 60.7 Å². The summed E-state index contributed by atoms with van der Waals surface area (Å²) in [4.78, 5) is 14.8. The number of hydrogen-bond donors (Lipinski definition) is 3. The Morgan fingerprint density at radius 2 is 0.947 bits per heavy atom. The summed E-state index contributed by atoms with van der Waals surface area (Å²) in [6.45, 7) is 0. The summed E-state index contributed by atoms with van der Waals surface area (Å²) in [5.74, 6) is 0. The van der Waals surface area contributed by atoms with Crippen LogP contribution in [0.2, 0.25) is 0 Å². The minimum Gasteiger partial charge on any atom is -0.313 e. The topological polar surface area (TPSA) is 83.6 Å². The Morgan fingerprint density at radius 1 is 0.737 bits per heavy atom. The monoisotopic (exact) mass is 275 g/mol. The normalized spacial score (nSPS) is 11.1. The van der Waals surface area contributed by atoms with Gasteiger partial charge in [0.15, 0.2) is 0 Å². The molecule has 0 fully saturated rings. The van der Waals surface area contributed by atoms with Crippen LogP contribution < -0.4 is 5.50 Å². The van der Waals surface area contributed by atoms with E-state index in [4.69, 9.17) is 14.4 Å². The molecule has 0 saturated carbocycles. The number of fused-ring (bicyclic) bond motifs is 2. The highest BCUT2D eigenvalue weighted by Gasteiger charge is 1.96. The maximum absolute atomic E-state index is 9.10. The lowest BCUT2D eigenvalue weighted by Gasteiger charge is -2.00. The summed E-state index contributed by atoms with van der Waals surface area (Å²) in [5.41, 5.74) is 4.02. The Labute approximate surface area is 110 Å². The van der Waals surface area contributed by atoms with E-state index < -0.39 is 7.75 Å². The van der Waals surface area contributed by atoms with Gasteiger partial charge in [0.25, 0.3) is 0 Å². The highest BCUT2D eigenvalue weighted by Crippen LogP contribution is 2.22. The van der Waals surface area contributed by atoms with Crippen molar-refractivity contribution in [2.75, 3.05) is 0 Å². The molecule has 5 heteroatoms. The van der Waals surface area contributed by atoms with Crippen LogP contribution in [0, 0.1) is 0 Å². The van der Waals surface area contributed by atoms with Gasteiger partial charge in [0.2, 0.25) is 0 Å². The van der Waals surface area contributed by atoms with Gasteiger partial charge in [0.1, 0.15) is 0 Å². The third-order valence-electron chi connectivity index (χ3n) is 2.61. The SMILES string of the molecule is NP(=O)(O)O.c1ccc2cc3ccccc3cc2c1. The standard InChI is InChI=1S/C14H10.H4NO3P/c1-2-6-12-10-14-8-4-3-7-13(14)9-11(12)5-1;1-5(2,3)4/h1-10H;(H4,1,2,3,4). The molecule has 0 radical (unpaired) electrons. The summed E-state index contributed by atoms with van der Waals surface area (Å²) >= 11 is 0. The van der Waals surface area contributed by atoms with Crippen LogP contribution in [-0.4, -0.2) is 9.79 Å². The van der Waals surface area contributed by atoms with Gasteiger partial charge >= 0.3 is 7.75 Å². The average molecular weight is 275 g/mol. The molecule has 0 aromatic heterocycles. The molecule has 0 heterocycles. The Hall–Kier alpha value is -1.71. The summed E-state index contributed by atoms with van der Waals surface area (Å²) in [5, 5.41) is 5.25. The fraction of sp³-hybridized carbons (Fsp3) is 0. The van der Waals surface area contributed by atoms with Gasteiger partial charge in [-0.1, -0.05) is 48.5 Å². The van der Waals surface area contributed by atoms with Crippen LogP contribution in [0.1, 0.15) is 0 Å². The van der Waals surface area contributed by atoms with Crippen molar-refractivity contribution in [3.8, 4) is 0 Å². The van der Waals surface area contributed by atoms with Crippen LogP contribution in [-0.2, 0) is 4.57 Å². The second kappa shape index (κ2) is 5.51. The van der Waals surface area contributed by atoms with Crippen LogP contribution in [0.15, 0.2) is 60.7 Å². The predicted molar refractivity (Wildman–Crippen MR) is 77.7 cm³/mol. The molecule has 3 rings (SSSR count). The molecule has 0 aliphatic rings. The van der Waals surface area contributed by atoms with Crippen LogP contribution in [0.3, 0.4) is 0 Å². The van der Waals surface area contributed by atoms with Gasteiger partial charge in [-0.2, -0.15) is 0 Å². The zero-order valence-corrected chi connectivity index (χ0v) is 11.0. The van der Waals surface area contributed by atoms with E-state index in [2.05, 4.69) is 66.2 Å². The molecular formula is C14H14NO3P. The Kier molecular flexibility index (Phi) is 3.98. The van der Waals surface area contributed by atoms with Crippen molar-refractivity contribution in [2.24, 2.45) is 5.50 Å². The van der Waals surface area contributed by atoms with E-state index >= 15 is 0 Å². The van der Waals surface area contributed by atoms with Gasteiger partial charge in [0, 0.05) is 0 Å². The fourth-order valence-corrected chi connectivity index (χ4v) is 1.88. The van der Waals surface area contributed by atoms with E-state index in [9.17, 15) is 0 Å². The van der Waals surface area contributed by atoms with Crippen molar-refractivity contribution < 1.29 is 14.4 Å². The Balaban J connectivity index is 0.000000232. The number of hydrogen-bond acceptors (Lipinski definition) is 1. The molecule has 3 aromatic rings. The summed E-state index contributed by atoms with van der Waals surface area (Å²) < 4.78 is 9.10. The van der Waals surface area contributed by atoms with Gasteiger partial charge in [-0.3, -0.25) is 0 Å². The minimum absolute atomic E-state index is 1.31. The molecule has 98 valence electrons. The largest absolute Gasteiger partial charge is 0.397 e. The number of benzene rings is 3. The van der Waals surface area contributed by atoms with Crippen LogP contribution >= 0.6 is 7.75 Å². The maximum Gasteiger partial charge on any atom is 0.397 e. The molecule has 3 aromatic carbocycles. The first-order valence-electron chi connectivity index (χ1n) is 5.65. The Morgan fingerprint density at radius 3 is 1.16 bits per heavy atom. The molecule has 4 N–H and O–H groups in total. The Bertz CT molecular complexity index is 638. The first kappa shape index (κ1) is 13.7. The number of nitrogens with two attached hydrogens (primary N) is 1. The van der Waals surface area contributed by atoms with E-state index in [1.807, 2.05) is 0 Å². The molecule has 0 unspecified atom stereocenters. The molecule has 0 amide bonds. The molecule has 0 aliphatic heterocycles. The van der Waals surface area contributed by atoms with Crippen LogP contribution in [0.5, 0.6) is 0 Å². The first-order chi connectivity index (χ1) is 8.93. The third kappa shape index (κ3) is 4.16. The average Bonchev–Trinajstić information content (AvgIpc) is 2.34.